The molecule has 1 saturated carbocycles. The monoisotopic (exact) mass is 299 g/mol. The lowest BCUT2D eigenvalue weighted by Gasteiger charge is -2.19. The molecule has 110 valence electrons. The summed E-state index contributed by atoms with van der Waals surface area (Å²) >= 11 is 1.67. The molecule has 4 heteroatoms. The van der Waals surface area contributed by atoms with Crippen molar-refractivity contribution in [3.63, 3.8) is 0 Å². The van der Waals surface area contributed by atoms with Gasteiger partial charge < -0.3 is 0 Å². The van der Waals surface area contributed by atoms with Crippen LogP contribution in [0, 0.1) is 12.8 Å². The Morgan fingerprint density at radius 3 is 2.81 bits per heavy atom. The number of aromatic nitrogens is 1. The second-order valence-electron chi connectivity index (χ2n) is 5.65. The summed E-state index contributed by atoms with van der Waals surface area (Å²) < 4.78 is 0. The molecule has 0 aliphatic heterocycles. The number of nitrogens with one attached hydrogen (secondary N) is 1. The highest BCUT2D eigenvalue weighted by Gasteiger charge is 2.16. The van der Waals surface area contributed by atoms with Gasteiger partial charge in [-0.15, -0.1) is 11.3 Å². The number of thiazole rings is 1. The van der Waals surface area contributed by atoms with E-state index >= 15 is 0 Å². The van der Waals surface area contributed by atoms with Gasteiger partial charge in [-0.25, -0.2) is 4.98 Å². The first-order valence-corrected chi connectivity index (χ1v) is 8.41. The van der Waals surface area contributed by atoms with E-state index in [1.807, 2.05) is 18.2 Å². The van der Waals surface area contributed by atoms with E-state index in [2.05, 4.69) is 41.5 Å². The fourth-order valence-corrected chi connectivity index (χ4v) is 3.54. The molecule has 1 unspecified atom stereocenters. The van der Waals surface area contributed by atoms with Crippen LogP contribution in [0.5, 0.6) is 0 Å². The van der Waals surface area contributed by atoms with E-state index in [0.717, 1.165) is 22.8 Å². The Labute approximate surface area is 130 Å². The van der Waals surface area contributed by atoms with Gasteiger partial charge in [0.2, 0.25) is 5.13 Å². The van der Waals surface area contributed by atoms with Gasteiger partial charge in [-0.05, 0) is 32.1 Å². The first kappa shape index (κ1) is 14.3. The van der Waals surface area contributed by atoms with Gasteiger partial charge in [0, 0.05) is 16.2 Å². The van der Waals surface area contributed by atoms with Crippen LogP contribution in [0.15, 0.2) is 35.4 Å². The largest absolute Gasteiger partial charge is 0.253 e. The van der Waals surface area contributed by atoms with Gasteiger partial charge >= 0.3 is 0 Å². The number of benzene rings is 1. The standard InChI is InChI=1S/C17H21N3S/c1-12-8-6-7-11-15(12)19-20-17-18-16(13(2)21-17)14-9-4-3-5-10-14/h3-5,9-10,12H,6-8,11H2,1-2H3,(H,18,20)/b19-15+. The molecule has 3 rings (SSSR count). The zero-order valence-electron chi connectivity index (χ0n) is 12.6. The van der Waals surface area contributed by atoms with E-state index in [4.69, 9.17) is 0 Å². The Kier molecular flexibility index (Phi) is 4.34. The van der Waals surface area contributed by atoms with Crippen LogP contribution in [-0.2, 0) is 0 Å². The molecule has 0 spiro atoms. The lowest BCUT2D eigenvalue weighted by molar-refractivity contribution is 0.558. The van der Waals surface area contributed by atoms with Crippen molar-refractivity contribution < 1.29 is 0 Å². The van der Waals surface area contributed by atoms with Crippen molar-refractivity contribution in [2.45, 2.75) is 39.5 Å². The van der Waals surface area contributed by atoms with Crippen molar-refractivity contribution in [2.75, 3.05) is 5.43 Å². The molecule has 1 atom stereocenters. The first-order valence-electron chi connectivity index (χ1n) is 7.59. The first-order chi connectivity index (χ1) is 10.2. The maximum absolute atomic E-state index is 4.69. The molecule has 0 bridgehead atoms. The molecular weight excluding hydrogens is 278 g/mol. The summed E-state index contributed by atoms with van der Waals surface area (Å²) in [5, 5.41) is 5.48. The zero-order chi connectivity index (χ0) is 14.7. The molecule has 21 heavy (non-hydrogen) atoms. The summed E-state index contributed by atoms with van der Waals surface area (Å²) in [4.78, 5) is 5.91. The van der Waals surface area contributed by atoms with Crippen LogP contribution in [0.1, 0.15) is 37.5 Å². The average molecular weight is 299 g/mol. The summed E-state index contributed by atoms with van der Waals surface area (Å²) in [5.74, 6) is 0.598. The smallest absolute Gasteiger partial charge is 0.204 e. The molecule has 1 aliphatic carbocycles. The molecule has 1 aromatic heterocycles. The highest BCUT2D eigenvalue weighted by Crippen LogP contribution is 2.30. The molecular formula is C17H21N3S. The van der Waals surface area contributed by atoms with Crippen LogP contribution in [0.4, 0.5) is 5.13 Å². The molecule has 1 fully saturated rings. The molecule has 2 aromatic rings. The molecule has 0 amide bonds. The molecule has 0 radical (unpaired) electrons. The number of aryl methyl sites for hydroxylation is 1. The Morgan fingerprint density at radius 2 is 2.05 bits per heavy atom. The summed E-state index contributed by atoms with van der Waals surface area (Å²) in [6.45, 7) is 4.38. The van der Waals surface area contributed by atoms with Crippen molar-refractivity contribution in [1.29, 1.82) is 0 Å². The minimum Gasteiger partial charge on any atom is -0.253 e. The van der Waals surface area contributed by atoms with Crippen LogP contribution in [-0.4, -0.2) is 10.7 Å². The van der Waals surface area contributed by atoms with Crippen molar-refractivity contribution in [3.8, 4) is 11.3 Å². The van der Waals surface area contributed by atoms with Gasteiger partial charge in [0.1, 0.15) is 0 Å². The third kappa shape index (κ3) is 3.32. The third-order valence-corrected chi connectivity index (χ3v) is 4.90. The molecule has 1 heterocycles. The fourth-order valence-electron chi connectivity index (χ4n) is 2.76. The maximum Gasteiger partial charge on any atom is 0.204 e. The summed E-state index contributed by atoms with van der Waals surface area (Å²) in [7, 11) is 0. The van der Waals surface area contributed by atoms with Crippen molar-refractivity contribution in [2.24, 2.45) is 11.0 Å². The van der Waals surface area contributed by atoms with E-state index in [-0.39, 0.29) is 0 Å². The second-order valence-corrected chi connectivity index (χ2v) is 6.85. The highest BCUT2D eigenvalue weighted by atomic mass is 32.1. The normalized spacial score (nSPS) is 20.7. The van der Waals surface area contributed by atoms with E-state index in [0.29, 0.717) is 5.92 Å². The molecule has 1 aromatic carbocycles. The lowest BCUT2D eigenvalue weighted by Crippen LogP contribution is -2.17. The summed E-state index contributed by atoms with van der Waals surface area (Å²) in [5.41, 5.74) is 6.68. The lowest BCUT2D eigenvalue weighted by atomic mass is 9.89. The molecule has 3 nitrogen and oxygen atoms in total. The van der Waals surface area contributed by atoms with E-state index in [1.54, 1.807) is 11.3 Å². The van der Waals surface area contributed by atoms with E-state index in [9.17, 15) is 0 Å². The van der Waals surface area contributed by atoms with Gasteiger partial charge in [0.05, 0.1) is 5.69 Å². The Hall–Kier alpha value is -1.68. The van der Waals surface area contributed by atoms with Crippen molar-refractivity contribution >= 4 is 22.2 Å². The quantitative estimate of drug-likeness (QED) is 0.801. The van der Waals surface area contributed by atoms with Gasteiger partial charge in [-0.2, -0.15) is 5.10 Å². The SMILES string of the molecule is Cc1sc(N/N=C2\CCCCC2C)nc1-c1ccccc1. The van der Waals surface area contributed by atoms with Crippen LogP contribution >= 0.6 is 11.3 Å². The molecule has 0 saturated heterocycles. The maximum atomic E-state index is 4.69. The Morgan fingerprint density at radius 1 is 1.24 bits per heavy atom. The zero-order valence-corrected chi connectivity index (χ0v) is 13.4. The van der Waals surface area contributed by atoms with E-state index in [1.165, 1.54) is 29.9 Å². The topological polar surface area (TPSA) is 37.3 Å². The fraction of sp³-hybridized carbons (Fsp3) is 0.412. The van der Waals surface area contributed by atoms with Gasteiger partial charge in [0.25, 0.3) is 0 Å². The molecule has 1 aliphatic rings. The highest BCUT2D eigenvalue weighted by molar-refractivity contribution is 7.15. The second kappa shape index (κ2) is 6.39. The van der Waals surface area contributed by atoms with Gasteiger partial charge in [0.15, 0.2) is 0 Å². The minimum atomic E-state index is 0.598. The number of rotatable bonds is 3. The predicted molar refractivity (Wildman–Crippen MR) is 91.0 cm³/mol. The summed E-state index contributed by atoms with van der Waals surface area (Å²) in [6.07, 6.45) is 4.96. The van der Waals surface area contributed by atoms with Crippen LogP contribution in [0.25, 0.3) is 11.3 Å². The number of hydrazone groups is 1. The molecule has 1 N–H and O–H groups in total. The van der Waals surface area contributed by atoms with Crippen LogP contribution < -0.4 is 5.43 Å². The minimum absolute atomic E-state index is 0.598. The third-order valence-electron chi connectivity index (χ3n) is 4.03. The van der Waals surface area contributed by atoms with E-state index < -0.39 is 0 Å². The Balaban J connectivity index is 1.77. The number of hydrogen-bond donors (Lipinski definition) is 1. The number of nitrogens with zero attached hydrogens (tertiary/aromatic N) is 2. The summed E-state index contributed by atoms with van der Waals surface area (Å²) in [6, 6.07) is 10.3. The number of anilines is 1. The van der Waals surface area contributed by atoms with Crippen LogP contribution in [0.2, 0.25) is 0 Å². The average Bonchev–Trinajstić information content (AvgIpc) is 2.88. The predicted octanol–water partition coefficient (Wildman–Crippen LogP) is 5.10. The van der Waals surface area contributed by atoms with Gasteiger partial charge in [-0.1, -0.05) is 43.7 Å². The number of hydrogen-bond acceptors (Lipinski definition) is 4. The van der Waals surface area contributed by atoms with Crippen LogP contribution in [0.3, 0.4) is 0 Å². The van der Waals surface area contributed by atoms with Crippen molar-refractivity contribution in [3.05, 3.63) is 35.2 Å². The van der Waals surface area contributed by atoms with Crippen molar-refractivity contribution in [1.82, 2.24) is 4.98 Å². The van der Waals surface area contributed by atoms with Gasteiger partial charge in [-0.3, -0.25) is 5.43 Å². The Bertz CT molecular complexity index is 631.